The van der Waals surface area contributed by atoms with Crippen molar-refractivity contribution in [3.8, 4) is 0 Å². The summed E-state index contributed by atoms with van der Waals surface area (Å²) >= 11 is 0. The van der Waals surface area contributed by atoms with E-state index in [0.717, 1.165) is 30.4 Å². The van der Waals surface area contributed by atoms with E-state index in [1.807, 2.05) is 11.8 Å². The molecule has 0 atom stereocenters. The molecule has 25 heavy (non-hydrogen) atoms. The van der Waals surface area contributed by atoms with Crippen molar-refractivity contribution in [2.45, 2.75) is 32.2 Å². The lowest BCUT2D eigenvalue weighted by Crippen LogP contribution is -2.46. The first-order valence-corrected chi connectivity index (χ1v) is 8.60. The van der Waals surface area contributed by atoms with Gasteiger partial charge < -0.3 is 10.2 Å². The monoisotopic (exact) mass is 341 g/mol. The lowest BCUT2D eigenvalue weighted by molar-refractivity contribution is 0.0697. The Bertz CT molecular complexity index is 762. The predicted molar refractivity (Wildman–Crippen MR) is 93.2 cm³/mol. The number of piperidine rings is 1. The van der Waals surface area contributed by atoms with Crippen molar-refractivity contribution in [1.82, 2.24) is 25.0 Å². The molecule has 1 saturated heterocycles. The van der Waals surface area contributed by atoms with Crippen molar-refractivity contribution < 1.29 is 9.59 Å². The second-order valence-corrected chi connectivity index (χ2v) is 6.33. The van der Waals surface area contributed by atoms with E-state index in [1.165, 1.54) is 0 Å². The number of nitrogens with zero attached hydrogens (tertiary/aromatic N) is 4. The Morgan fingerprint density at radius 3 is 2.68 bits per heavy atom. The Hall–Kier alpha value is -2.70. The number of amides is 2. The van der Waals surface area contributed by atoms with E-state index in [-0.39, 0.29) is 17.9 Å². The molecule has 1 fully saturated rings. The minimum atomic E-state index is -0.111. The molecule has 7 heteroatoms. The second-order valence-electron chi connectivity index (χ2n) is 6.33. The van der Waals surface area contributed by atoms with E-state index < -0.39 is 0 Å². The molecule has 0 saturated carbocycles. The minimum absolute atomic E-state index is 0.0521. The number of rotatable bonds is 4. The van der Waals surface area contributed by atoms with Crippen LogP contribution in [-0.2, 0) is 13.5 Å². The van der Waals surface area contributed by atoms with Gasteiger partial charge >= 0.3 is 0 Å². The molecule has 3 rings (SSSR count). The van der Waals surface area contributed by atoms with E-state index in [1.54, 1.807) is 42.6 Å². The molecule has 0 unspecified atom stereocenters. The Morgan fingerprint density at radius 2 is 2.04 bits per heavy atom. The summed E-state index contributed by atoms with van der Waals surface area (Å²) in [6.45, 7) is 3.30. The van der Waals surface area contributed by atoms with Crippen LogP contribution in [0.25, 0.3) is 0 Å². The number of pyridine rings is 1. The quantitative estimate of drug-likeness (QED) is 0.912. The molecule has 7 nitrogen and oxygen atoms in total. The van der Waals surface area contributed by atoms with Crippen molar-refractivity contribution in [3.63, 3.8) is 0 Å². The van der Waals surface area contributed by atoms with Crippen molar-refractivity contribution in [1.29, 1.82) is 0 Å². The van der Waals surface area contributed by atoms with Crippen LogP contribution in [0, 0.1) is 0 Å². The molecule has 1 aliphatic heterocycles. The Labute approximate surface area is 147 Å². The summed E-state index contributed by atoms with van der Waals surface area (Å²) in [6, 6.07) is 1.87. The minimum Gasteiger partial charge on any atom is -0.349 e. The Morgan fingerprint density at radius 1 is 1.28 bits per heavy atom. The maximum atomic E-state index is 12.7. The molecular weight excluding hydrogens is 318 g/mol. The fraction of sp³-hybridized carbons (Fsp3) is 0.444. The number of carbonyl (C=O) groups excluding carboxylic acids is 2. The third-order valence-corrected chi connectivity index (χ3v) is 4.60. The molecule has 2 aromatic rings. The largest absolute Gasteiger partial charge is 0.349 e. The van der Waals surface area contributed by atoms with Crippen molar-refractivity contribution in [2.75, 3.05) is 13.1 Å². The maximum Gasteiger partial charge on any atom is 0.254 e. The number of carbonyl (C=O) groups is 2. The highest BCUT2D eigenvalue weighted by Gasteiger charge is 2.26. The van der Waals surface area contributed by atoms with Crippen molar-refractivity contribution in [2.24, 2.45) is 7.05 Å². The van der Waals surface area contributed by atoms with Gasteiger partial charge in [0.15, 0.2) is 0 Å². The molecule has 2 amide bonds. The number of nitrogens with one attached hydrogen (secondary N) is 1. The third kappa shape index (κ3) is 3.87. The third-order valence-electron chi connectivity index (χ3n) is 4.60. The van der Waals surface area contributed by atoms with Crippen LogP contribution in [0.3, 0.4) is 0 Å². The zero-order chi connectivity index (χ0) is 17.8. The zero-order valence-electron chi connectivity index (χ0n) is 14.6. The lowest BCUT2D eigenvalue weighted by Gasteiger charge is -2.32. The van der Waals surface area contributed by atoms with E-state index in [0.29, 0.717) is 18.7 Å². The van der Waals surface area contributed by atoms with Gasteiger partial charge in [-0.25, -0.2) is 0 Å². The van der Waals surface area contributed by atoms with Gasteiger partial charge in [0, 0.05) is 50.3 Å². The Balaban J connectivity index is 1.56. The standard InChI is InChI=1S/C18H23N5O2/c1-3-13-10-19-7-4-16(13)18(25)23-8-5-15(6-9-23)21-17(24)14-11-20-22(2)12-14/h4,7,10-12,15H,3,5-6,8-9H2,1-2H3,(H,21,24). The highest BCUT2D eigenvalue weighted by Crippen LogP contribution is 2.17. The molecule has 0 radical (unpaired) electrons. The van der Waals surface area contributed by atoms with Gasteiger partial charge in [-0.15, -0.1) is 0 Å². The first kappa shape index (κ1) is 17.1. The summed E-state index contributed by atoms with van der Waals surface area (Å²) in [4.78, 5) is 30.9. The summed E-state index contributed by atoms with van der Waals surface area (Å²) in [6.07, 6.45) is 8.97. The smallest absolute Gasteiger partial charge is 0.254 e. The fourth-order valence-electron chi connectivity index (χ4n) is 3.12. The van der Waals surface area contributed by atoms with E-state index in [2.05, 4.69) is 15.4 Å². The van der Waals surface area contributed by atoms with E-state index in [4.69, 9.17) is 0 Å². The maximum absolute atomic E-state index is 12.7. The first-order valence-electron chi connectivity index (χ1n) is 8.60. The molecule has 132 valence electrons. The Kier molecular flexibility index (Phi) is 5.11. The van der Waals surface area contributed by atoms with Gasteiger partial charge in [0.05, 0.1) is 11.8 Å². The molecule has 0 aliphatic carbocycles. The van der Waals surface area contributed by atoms with Crippen LogP contribution in [0.4, 0.5) is 0 Å². The lowest BCUT2D eigenvalue weighted by atomic mass is 10.0. The highest BCUT2D eigenvalue weighted by atomic mass is 16.2. The normalized spacial score (nSPS) is 15.2. The summed E-state index contributed by atoms with van der Waals surface area (Å²) in [5, 5.41) is 7.04. The highest BCUT2D eigenvalue weighted by molar-refractivity contribution is 5.96. The van der Waals surface area contributed by atoms with Gasteiger partial charge in [-0.3, -0.25) is 19.3 Å². The molecule has 2 aromatic heterocycles. The average molecular weight is 341 g/mol. The molecule has 0 bridgehead atoms. The molecule has 0 aromatic carbocycles. The topological polar surface area (TPSA) is 80.1 Å². The van der Waals surface area contributed by atoms with Gasteiger partial charge in [-0.05, 0) is 30.9 Å². The summed E-state index contributed by atoms with van der Waals surface area (Å²) < 4.78 is 1.61. The number of hydrogen-bond acceptors (Lipinski definition) is 4. The summed E-state index contributed by atoms with van der Waals surface area (Å²) in [5.74, 6) is -0.0587. The predicted octanol–water partition coefficient (Wildman–Crippen LogP) is 1.41. The van der Waals surface area contributed by atoms with Crippen LogP contribution in [0.15, 0.2) is 30.9 Å². The summed E-state index contributed by atoms with van der Waals surface area (Å²) in [5.41, 5.74) is 2.26. The van der Waals surface area contributed by atoms with Crippen LogP contribution in [-0.4, -0.2) is 50.6 Å². The van der Waals surface area contributed by atoms with Crippen LogP contribution < -0.4 is 5.32 Å². The van der Waals surface area contributed by atoms with Gasteiger partial charge in [-0.1, -0.05) is 6.92 Å². The zero-order valence-corrected chi connectivity index (χ0v) is 14.6. The second kappa shape index (κ2) is 7.46. The number of likely N-dealkylation sites (tertiary alicyclic amines) is 1. The number of hydrogen-bond donors (Lipinski definition) is 1. The van der Waals surface area contributed by atoms with E-state index in [9.17, 15) is 9.59 Å². The summed E-state index contributed by atoms with van der Waals surface area (Å²) in [7, 11) is 1.78. The first-order chi connectivity index (χ1) is 12.1. The van der Waals surface area contributed by atoms with Gasteiger partial charge in [0.25, 0.3) is 11.8 Å². The SMILES string of the molecule is CCc1cnccc1C(=O)N1CCC(NC(=O)c2cnn(C)c2)CC1. The molecular formula is C18H23N5O2. The van der Waals surface area contributed by atoms with Gasteiger partial charge in [0.1, 0.15) is 0 Å². The average Bonchev–Trinajstić information content (AvgIpc) is 3.08. The number of aromatic nitrogens is 3. The van der Waals surface area contributed by atoms with E-state index >= 15 is 0 Å². The van der Waals surface area contributed by atoms with Crippen LogP contribution >= 0.6 is 0 Å². The molecule has 1 aliphatic rings. The molecule has 3 heterocycles. The van der Waals surface area contributed by atoms with Gasteiger partial charge in [-0.2, -0.15) is 5.10 Å². The van der Waals surface area contributed by atoms with Crippen molar-refractivity contribution in [3.05, 3.63) is 47.5 Å². The molecule has 1 N–H and O–H groups in total. The molecule has 0 spiro atoms. The van der Waals surface area contributed by atoms with Crippen molar-refractivity contribution >= 4 is 11.8 Å². The van der Waals surface area contributed by atoms with Gasteiger partial charge in [0.2, 0.25) is 0 Å². The van der Waals surface area contributed by atoms with Crippen LogP contribution in [0.2, 0.25) is 0 Å². The van der Waals surface area contributed by atoms with Crippen LogP contribution in [0.1, 0.15) is 46.0 Å². The fourth-order valence-corrected chi connectivity index (χ4v) is 3.12. The van der Waals surface area contributed by atoms with Crippen LogP contribution in [0.5, 0.6) is 0 Å². The number of aryl methyl sites for hydroxylation is 2.